The Balaban J connectivity index is 1.77. The van der Waals surface area contributed by atoms with E-state index in [2.05, 4.69) is 28.2 Å². The maximum Gasteiger partial charge on any atom is 0.124 e. The summed E-state index contributed by atoms with van der Waals surface area (Å²) in [6, 6.07) is 5.11. The van der Waals surface area contributed by atoms with E-state index in [1.54, 1.807) is 12.1 Å². The maximum atomic E-state index is 13.2. The summed E-state index contributed by atoms with van der Waals surface area (Å²) in [5, 5.41) is 3.53. The first-order valence-electron chi connectivity index (χ1n) is 7.26. The third-order valence-electron chi connectivity index (χ3n) is 4.79. The number of fused-ring (bicyclic) bond motifs is 1. The monoisotopic (exact) mass is 325 g/mol. The molecule has 0 aromatic heterocycles. The molecular weight excluding hydrogens is 305 g/mol. The molecule has 3 rings (SSSR count). The third kappa shape index (κ3) is 2.87. The normalized spacial score (nSPS) is 32.4. The molecule has 104 valence electrons. The van der Waals surface area contributed by atoms with Crippen molar-refractivity contribution in [3.05, 3.63) is 34.1 Å². The molecule has 1 nitrogen and oxygen atoms in total. The molecule has 2 atom stereocenters. The number of hydrogen-bond acceptors (Lipinski definition) is 1. The van der Waals surface area contributed by atoms with E-state index in [1.165, 1.54) is 24.8 Å². The van der Waals surface area contributed by atoms with Gasteiger partial charge in [0.25, 0.3) is 0 Å². The Bertz CT molecular complexity index is 464. The number of halogens is 2. The summed E-state index contributed by atoms with van der Waals surface area (Å²) in [5.74, 6) is 1.78. The van der Waals surface area contributed by atoms with Gasteiger partial charge in [-0.1, -0.05) is 28.9 Å². The minimum atomic E-state index is -0.161. The van der Waals surface area contributed by atoms with Crippen molar-refractivity contribution in [3.63, 3.8) is 0 Å². The first kappa shape index (κ1) is 13.6. The Hall–Kier alpha value is -0.410. The Labute approximate surface area is 123 Å². The van der Waals surface area contributed by atoms with Gasteiger partial charge in [-0.15, -0.1) is 0 Å². The standard InChI is InChI=1S/C16H21BrFN/c1-2-19-10-16(8-12-5-13(12)9-16)7-11-3-4-14(18)6-15(11)17/h3-4,6,12-13,19H,2,5,7-10H2,1H3. The number of rotatable bonds is 5. The lowest BCUT2D eigenvalue weighted by Gasteiger charge is -2.32. The van der Waals surface area contributed by atoms with Gasteiger partial charge in [0.15, 0.2) is 0 Å². The molecule has 1 aromatic rings. The SMILES string of the molecule is CCNCC1(Cc2ccc(F)cc2Br)CC2CC2C1. The summed E-state index contributed by atoms with van der Waals surface area (Å²) in [4.78, 5) is 0. The molecule has 2 fully saturated rings. The summed E-state index contributed by atoms with van der Waals surface area (Å²) in [7, 11) is 0. The average Bonchev–Trinajstić information content (AvgIpc) is 2.99. The summed E-state index contributed by atoms with van der Waals surface area (Å²) < 4.78 is 14.1. The van der Waals surface area contributed by atoms with Gasteiger partial charge in [-0.25, -0.2) is 4.39 Å². The second-order valence-corrected chi connectivity index (χ2v) is 7.21. The summed E-state index contributed by atoms with van der Waals surface area (Å²) in [5.41, 5.74) is 1.64. The minimum Gasteiger partial charge on any atom is -0.316 e. The van der Waals surface area contributed by atoms with E-state index in [0.717, 1.165) is 35.8 Å². The van der Waals surface area contributed by atoms with Gasteiger partial charge in [-0.3, -0.25) is 0 Å². The molecule has 2 aliphatic rings. The lowest BCUT2D eigenvalue weighted by atomic mass is 9.77. The van der Waals surface area contributed by atoms with Gasteiger partial charge in [0, 0.05) is 11.0 Å². The quantitative estimate of drug-likeness (QED) is 0.857. The second kappa shape index (κ2) is 5.17. The van der Waals surface area contributed by atoms with E-state index >= 15 is 0 Å². The van der Waals surface area contributed by atoms with Crippen LogP contribution in [0.5, 0.6) is 0 Å². The molecule has 0 radical (unpaired) electrons. The highest BCUT2D eigenvalue weighted by Crippen LogP contribution is 2.60. The van der Waals surface area contributed by atoms with Crippen LogP contribution in [-0.4, -0.2) is 13.1 Å². The lowest BCUT2D eigenvalue weighted by Crippen LogP contribution is -2.35. The second-order valence-electron chi connectivity index (χ2n) is 6.36. The zero-order chi connectivity index (χ0) is 13.5. The Morgan fingerprint density at radius 1 is 1.37 bits per heavy atom. The molecule has 2 aliphatic carbocycles. The van der Waals surface area contributed by atoms with Crippen LogP contribution in [0.25, 0.3) is 0 Å². The van der Waals surface area contributed by atoms with Crippen LogP contribution >= 0.6 is 15.9 Å². The van der Waals surface area contributed by atoms with Crippen molar-refractivity contribution in [3.8, 4) is 0 Å². The van der Waals surface area contributed by atoms with E-state index in [0.29, 0.717) is 5.41 Å². The van der Waals surface area contributed by atoms with Crippen LogP contribution < -0.4 is 5.32 Å². The Kier molecular flexibility index (Phi) is 3.69. The van der Waals surface area contributed by atoms with Crippen LogP contribution in [0.2, 0.25) is 0 Å². The van der Waals surface area contributed by atoms with Crippen molar-refractivity contribution < 1.29 is 4.39 Å². The number of nitrogens with one attached hydrogen (secondary N) is 1. The van der Waals surface area contributed by atoms with Gasteiger partial charge in [0.05, 0.1) is 0 Å². The Morgan fingerprint density at radius 3 is 2.74 bits per heavy atom. The largest absolute Gasteiger partial charge is 0.316 e. The first-order valence-corrected chi connectivity index (χ1v) is 8.06. The van der Waals surface area contributed by atoms with Crippen molar-refractivity contribution in [2.24, 2.45) is 17.3 Å². The molecule has 1 N–H and O–H groups in total. The topological polar surface area (TPSA) is 12.0 Å². The van der Waals surface area contributed by atoms with E-state index in [4.69, 9.17) is 0 Å². The molecule has 0 aliphatic heterocycles. The molecular formula is C16H21BrFN. The van der Waals surface area contributed by atoms with Crippen LogP contribution in [0.3, 0.4) is 0 Å². The molecule has 3 heteroatoms. The molecule has 19 heavy (non-hydrogen) atoms. The van der Waals surface area contributed by atoms with Crippen molar-refractivity contribution in [1.29, 1.82) is 0 Å². The fraction of sp³-hybridized carbons (Fsp3) is 0.625. The Morgan fingerprint density at radius 2 is 2.11 bits per heavy atom. The smallest absolute Gasteiger partial charge is 0.124 e. The zero-order valence-corrected chi connectivity index (χ0v) is 13.0. The van der Waals surface area contributed by atoms with Crippen LogP contribution in [0.15, 0.2) is 22.7 Å². The maximum absolute atomic E-state index is 13.2. The van der Waals surface area contributed by atoms with Crippen LogP contribution in [0.4, 0.5) is 4.39 Å². The highest BCUT2D eigenvalue weighted by molar-refractivity contribution is 9.10. The van der Waals surface area contributed by atoms with E-state index in [9.17, 15) is 4.39 Å². The van der Waals surface area contributed by atoms with Crippen molar-refractivity contribution >= 4 is 15.9 Å². The van der Waals surface area contributed by atoms with E-state index in [-0.39, 0.29) is 5.82 Å². The van der Waals surface area contributed by atoms with Crippen LogP contribution in [-0.2, 0) is 6.42 Å². The van der Waals surface area contributed by atoms with Gasteiger partial charge in [0.1, 0.15) is 5.82 Å². The summed E-state index contributed by atoms with van der Waals surface area (Å²) >= 11 is 3.51. The van der Waals surface area contributed by atoms with Crippen LogP contribution in [0.1, 0.15) is 31.7 Å². The molecule has 2 saturated carbocycles. The van der Waals surface area contributed by atoms with Gasteiger partial charge < -0.3 is 5.32 Å². The van der Waals surface area contributed by atoms with Gasteiger partial charge >= 0.3 is 0 Å². The summed E-state index contributed by atoms with van der Waals surface area (Å²) in [6.07, 6.45) is 5.19. The lowest BCUT2D eigenvalue weighted by molar-refractivity contribution is 0.250. The fourth-order valence-corrected chi connectivity index (χ4v) is 4.31. The predicted octanol–water partition coefficient (Wildman–Crippen LogP) is 4.16. The third-order valence-corrected chi connectivity index (χ3v) is 5.53. The first-order chi connectivity index (χ1) is 9.12. The van der Waals surface area contributed by atoms with E-state index < -0.39 is 0 Å². The molecule has 0 bridgehead atoms. The zero-order valence-electron chi connectivity index (χ0n) is 11.4. The van der Waals surface area contributed by atoms with Gasteiger partial charge in [0.2, 0.25) is 0 Å². The average molecular weight is 326 g/mol. The molecule has 0 heterocycles. The highest BCUT2D eigenvalue weighted by Gasteiger charge is 2.53. The van der Waals surface area contributed by atoms with E-state index in [1.807, 2.05) is 6.07 Å². The summed E-state index contributed by atoms with van der Waals surface area (Å²) in [6.45, 7) is 4.29. The number of benzene rings is 1. The molecule has 0 saturated heterocycles. The molecule has 0 amide bonds. The van der Waals surface area contributed by atoms with Crippen molar-refractivity contribution in [1.82, 2.24) is 5.32 Å². The van der Waals surface area contributed by atoms with Crippen molar-refractivity contribution in [2.75, 3.05) is 13.1 Å². The number of hydrogen-bond donors (Lipinski definition) is 1. The van der Waals surface area contributed by atoms with Gasteiger partial charge in [-0.05, 0) is 67.2 Å². The predicted molar refractivity (Wildman–Crippen MR) is 79.6 cm³/mol. The molecule has 1 aromatic carbocycles. The van der Waals surface area contributed by atoms with Crippen LogP contribution in [0, 0.1) is 23.1 Å². The molecule has 0 spiro atoms. The molecule has 2 unspecified atom stereocenters. The minimum absolute atomic E-state index is 0.161. The fourth-order valence-electron chi connectivity index (χ4n) is 3.82. The highest BCUT2D eigenvalue weighted by atomic mass is 79.9. The van der Waals surface area contributed by atoms with Gasteiger partial charge in [-0.2, -0.15) is 0 Å². The van der Waals surface area contributed by atoms with Crippen molar-refractivity contribution in [2.45, 2.75) is 32.6 Å².